The molecule has 0 unspecified atom stereocenters. The lowest BCUT2D eigenvalue weighted by Gasteiger charge is -2.00. The fraction of sp³-hybridized carbons (Fsp3) is 0.118. The van der Waals surface area contributed by atoms with Crippen LogP contribution in [0.4, 0.5) is 5.13 Å². The molecular weight excluding hydrogens is 340 g/mol. The van der Waals surface area contributed by atoms with Crippen molar-refractivity contribution in [1.29, 1.82) is 0 Å². The average Bonchev–Trinajstić information content (AvgIpc) is 3.25. The first-order valence-electron chi connectivity index (χ1n) is 7.45. The molecule has 7 heteroatoms. The minimum absolute atomic E-state index is 0.641. The Morgan fingerprint density at radius 3 is 2.71 bits per heavy atom. The minimum atomic E-state index is 0.641. The molecule has 0 amide bonds. The van der Waals surface area contributed by atoms with Gasteiger partial charge >= 0.3 is 0 Å². The van der Waals surface area contributed by atoms with Crippen LogP contribution >= 0.6 is 23.1 Å². The third kappa shape index (κ3) is 3.58. The number of oxazole rings is 1. The van der Waals surface area contributed by atoms with Gasteiger partial charge in [-0.1, -0.05) is 65.6 Å². The molecule has 2 heterocycles. The number of hydrogen-bond donors (Lipinski definition) is 1. The van der Waals surface area contributed by atoms with Gasteiger partial charge in [0, 0.05) is 6.54 Å². The largest absolute Gasteiger partial charge is 0.440 e. The third-order valence-electron chi connectivity index (χ3n) is 3.35. The van der Waals surface area contributed by atoms with E-state index in [1.165, 1.54) is 16.9 Å². The Bertz CT molecular complexity index is 903. The van der Waals surface area contributed by atoms with E-state index in [1.54, 1.807) is 11.8 Å². The Labute approximate surface area is 147 Å². The van der Waals surface area contributed by atoms with E-state index in [1.807, 2.05) is 42.5 Å². The lowest BCUT2D eigenvalue weighted by atomic mass is 10.2. The second-order valence-electron chi connectivity index (χ2n) is 5.08. The minimum Gasteiger partial charge on any atom is -0.440 e. The van der Waals surface area contributed by atoms with Crippen molar-refractivity contribution in [2.45, 2.75) is 16.6 Å². The summed E-state index contributed by atoms with van der Waals surface area (Å²) in [5.41, 5.74) is 2.92. The van der Waals surface area contributed by atoms with Crippen molar-refractivity contribution in [2.75, 3.05) is 5.32 Å². The van der Waals surface area contributed by atoms with Crippen LogP contribution in [0, 0.1) is 0 Å². The first-order chi connectivity index (χ1) is 11.9. The molecule has 0 fully saturated rings. The van der Waals surface area contributed by atoms with Crippen LogP contribution in [-0.4, -0.2) is 15.2 Å². The van der Waals surface area contributed by atoms with E-state index in [-0.39, 0.29) is 0 Å². The monoisotopic (exact) mass is 354 g/mol. The molecule has 5 nitrogen and oxygen atoms in total. The summed E-state index contributed by atoms with van der Waals surface area (Å²) in [4.78, 5) is 4.46. The quantitative estimate of drug-likeness (QED) is 0.511. The second kappa shape index (κ2) is 7.02. The summed E-state index contributed by atoms with van der Waals surface area (Å²) in [5.74, 6) is 1.34. The van der Waals surface area contributed by atoms with Crippen LogP contribution in [0.25, 0.3) is 11.1 Å². The lowest BCUT2D eigenvalue weighted by Crippen LogP contribution is -1.98. The van der Waals surface area contributed by atoms with E-state index in [9.17, 15) is 0 Å². The lowest BCUT2D eigenvalue weighted by molar-refractivity contribution is 0.556. The zero-order valence-corrected chi connectivity index (χ0v) is 14.3. The number of anilines is 1. The normalized spacial score (nSPS) is 11.0. The van der Waals surface area contributed by atoms with Crippen molar-refractivity contribution in [1.82, 2.24) is 15.2 Å². The molecule has 2 aromatic heterocycles. The maximum atomic E-state index is 5.71. The summed E-state index contributed by atoms with van der Waals surface area (Å²) in [7, 11) is 0. The number of nitrogens with one attached hydrogen (secondary N) is 1. The van der Waals surface area contributed by atoms with Gasteiger partial charge in [-0.2, -0.15) is 0 Å². The van der Waals surface area contributed by atoms with Gasteiger partial charge < -0.3 is 9.73 Å². The fourth-order valence-corrected chi connectivity index (χ4v) is 3.81. The number of hydrogen-bond acceptors (Lipinski definition) is 7. The molecule has 24 heavy (non-hydrogen) atoms. The predicted octanol–water partition coefficient (Wildman–Crippen LogP) is 4.58. The number of fused-ring (bicyclic) bond motifs is 1. The molecule has 4 aromatic rings. The Balaban J connectivity index is 1.35. The van der Waals surface area contributed by atoms with E-state index in [0.717, 1.165) is 27.1 Å². The van der Waals surface area contributed by atoms with Crippen LogP contribution in [0.5, 0.6) is 0 Å². The maximum Gasteiger partial charge on any atom is 0.206 e. The van der Waals surface area contributed by atoms with Gasteiger partial charge in [0.1, 0.15) is 5.52 Å². The number of rotatable bonds is 6. The van der Waals surface area contributed by atoms with E-state index >= 15 is 0 Å². The van der Waals surface area contributed by atoms with Gasteiger partial charge in [-0.25, -0.2) is 4.98 Å². The highest BCUT2D eigenvalue weighted by Crippen LogP contribution is 2.29. The van der Waals surface area contributed by atoms with Crippen LogP contribution in [0.2, 0.25) is 0 Å². The molecule has 2 aromatic carbocycles. The highest BCUT2D eigenvalue weighted by atomic mass is 32.2. The molecule has 0 saturated carbocycles. The zero-order chi connectivity index (χ0) is 16.2. The Morgan fingerprint density at radius 2 is 1.83 bits per heavy atom. The van der Waals surface area contributed by atoms with Crippen LogP contribution in [0.15, 0.2) is 63.4 Å². The molecule has 0 saturated heterocycles. The Kier molecular flexibility index (Phi) is 4.44. The van der Waals surface area contributed by atoms with Gasteiger partial charge in [-0.05, 0) is 17.7 Å². The molecule has 0 aliphatic heterocycles. The molecule has 1 N–H and O–H groups in total. The smallest absolute Gasteiger partial charge is 0.206 e. The highest BCUT2D eigenvalue weighted by molar-refractivity contribution is 8.00. The van der Waals surface area contributed by atoms with Crippen molar-refractivity contribution in [2.24, 2.45) is 0 Å². The van der Waals surface area contributed by atoms with Crippen LogP contribution in [0.1, 0.15) is 11.5 Å². The van der Waals surface area contributed by atoms with Gasteiger partial charge in [0.05, 0.1) is 5.75 Å². The van der Waals surface area contributed by atoms with Crippen molar-refractivity contribution < 1.29 is 4.42 Å². The Morgan fingerprint density at radius 1 is 1.00 bits per heavy atom. The molecule has 0 bridgehead atoms. The van der Waals surface area contributed by atoms with Gasteiger partial charge in [-0.3, -0.25) is 0 Å². The molecular formula is C17H14N4OS2. The number of aromatic nitrogens is 3. The summed E-state index contributed by atoms with van der Waals surface area (Å²) in [5, 5.41) is 12.5. The molecule has 0 atom stereocenters. The van der Waals surface area contributed by atoms with E-state index in [0.29, 0.717) is 11.6 Å². The van der Waals surface area contributed by atoms with Crippen molar-refractivity contribution in [3.8, 4) is 0 Å². The van der Waals surface area contributed by atoms with Crippen molar-refractivity contribution in [3.05, 3.63) is 66.1 Å². The first kappa shape index (κ1) is 15.2. The SMILES string of the molecule is c1ccc(CNc2nnc(SCc3nc4ccccc4o3)s2)cc1. The summed E-state index contributed by atoms with van der Waals surface area (Å²) in [6.45, 7) is 0.741. The van der Waals surface area contributed by atoms with Crippen LogP contribution < -0.4 is 5.32 Å². The second-order valence-corrected chi connectivity index (χ2v) is 7.28. The van der Waals surface area contributed by atoms with Crippen LogP contribution in [0.3, 0.4) is 0 Å². The summed E-state index contributed by atoms with van der Waals surface area (Å²) >= 11 is 3.12. The fourth-order valence-electron chi connectivity index (χ4n) is 2.22. The predicted molar refractivity (Wildman–Crippen MR) is 97.2 cm³/mol. The molecule has 0 aliphatic carbocycles. The number of thioether (sulfide) groups is 1. The zero-order valence-electron chi connectivity index (χ0n) is 12.7. The van der Waals surface area contributed by atoms with E-state index in [4.69, 9.17) is 4.42 Å². The first-order valence-corrected chi connectivity index (χ1v) is 9.25. The molecule has 120 valence electrons. The van der Waals surface area contributed by atoms with Crippen molar-refractivity contribution >= 4 is 39.3 Å². The highest BCUT2D eigenvalue weighted by Gasteiger charge is 2.09. The van der Waals surface area contributed by atoms with E-state index < -0.39 is 0 Å². The molecule has 0 spiro atoms. The maximum absolute atomic E-state index is 5.71. The van der Waals surface area contributed by atoms with Gasteiger partial charge in [0.15, 0.2) is 9.92 Å². The molecule has 4 rings (SSSR count). The number of nitrogens with zero attached hydrogens (tertiary/aromatic N) is 3. The topological polar surface area (TPSA) is 63.8 Å². The third-order valence-corrected chi connectivity index (χ3v) is 5.35. The average molecular weight is 354 g/mol. The van der Waals surface area contributed by atoms with Crippen molar-refractivity contribution in [3.63, 3.8) is 0 Å². The summed E-state index contributed by atoms with van der Waals surface area (Å²) < 4.78 is 6.61. The van der Waals surface area contributed by atoms with Gasteiger partial charge in [0.25, 0.3) is 0 Å². The van der Waals surface area contributed by atoms with Gasteiger partial charge in [0.2, 0.25) is 11.0 Å². The molecule has 0 aliphatic rings. The number of para-hydroxylation sites is 2. The summed E-state index contributed by atoms with van der Waals surface area (Å²) in [6.07, 6.45) is 0. The Hall–Kier alpha value is -2.38. The van der Waals surface area contributed by atoms with Crippen LogP contribution in [-0.2, 0) is 12.3 Å². The molecule has 0 radical (unpaired) electrons. The van der Waals surface area contributed by atoms with E-state index in [2.05, 4.69) is 32.6 Å². The van der Waals surface area contributed by atoms with Gasteiger partial charge in [-0.15, -0.1) is 10.2 Å². The summed E-state index contributed by atoms with van der Waals surface area (Å²) in [6, 6.07) is 18.0. The number of benzene rings is 2. The standard InChI is InChI=1S/C17H14N4OS2/c1-2-6-12(7-3-1)10-18-16-20-21-17(24-16)23-11-15-19-13-8-4-5-9-14(13)22-15/h1-9H,10-11H2,(H,18,20).